The van der Waals surface area contributed by atoms with Crippen LogP contribution in [0.25, 0.3) is 11.1 Å². The van der Waals surface area contributed by atoms with Crippen molar-refractivity contribution in [3.05, 3.63) is 53.6 Å². The van der Waals surface area contributed by atoms with Gasteiger partial charge < -0.3 is 15.2 Å². The number of hydrogen-bond acceptors (Lipinski definition) is 7. The van der Waals surface area contributed by atoms with Crippen molar-refractivity contribution in [3.63, 3.8) is 0 Å². The molecule has 3 heterocycles. The maximum atomic E-state index is 9.21. The van der Waals surface area contributed by atoms with Gasteiger partial charge in [0.2, 0.25) is 11.7 Å². The molecule has 2 spiro atoms. The number of ether oxygens (including phenoxy) is 2. The Bertz CT molecular complexity index is 1020. The molecule has 2 atom stereocenters. The first kappa shape index (κ1) is 17.0. The van der Waals surface area contributed by atoms with Gasteiger partial charge >= 0.3 is 0 Å². The maximum Gasteiger partial charge on any atom is 0.222 e. The highest BCUT2D eigenvalue weighted by molar-refractivity contribution is 5.79. The van der Waals surface area contributed by atoms with Gasteiger partial charge in [-0.1, -0.05) is 18.2 Å². The molecule has 142 valence electrons. The minimum absolute atomic E-state index is 0.332. The Morgan fingerprint density at radius 3 is 2.79 bits per heavy atom. The van der Waals surface area contributed by atoms with Crippen LogP contribution in [0.15, 0.2) is 47.5 Å². The number of rotatable bonds is 1. The summed E-state index contributed by atoms with van der Waals surface area (Å²) in [4.78, 5) is 10.9. The van der Waals surface area contributed by atoms with Gasteiger partial charge in [0, 0.05) is 19.9 Å². The fourth-order valence-electron chi connectivity index (χ4n) is 4.21. The van der Waals surface area contributed by atoms with Crippen LogP contribution in [0.2, 0.25) is 0 Å². The zero-order chi connectivity index (χ0) is 19.4. The molecule has 7 nitrogen and oxygen atoms in total. The maximum absolute atomic E-state index is 9.21. The Morgan fingerprint density at radius 2 is 2.07 bits per heavy atom. The molecule has 0 aromatic heterocycles. The molecule has 3 aliphatic rings. The van der Waals surface area contributed by atoms with E-state index in [-0.39, 0.29) is 0 Å². The van der Waals surface area contributed by atoms with Crippen LogP contribution in [0.3, 0.4) is 0 Å². The van der Waals surface area contributed by atoms with E-state index in [1.165, 1.54) is 5.06 Å². The molecular formula is C21H20N4O3. The van der Waals surface area contributed by atoms with Crippen molar-refractivity contribution in [1.82, 2.24) is 5.06 Å². The quantitative estimate of drug-likeness (QED) is 0.822. The van der Waals surface area contributed by atoms with Crippen LogP contribution < -0.4 is 10.5 Å². The lowest BCUT2D eigenvalue weighted by Gasteiger charge is -2.42. The molecule has 0 saturated carbocycles. The topological polar surface area (TPSA) is 93.1 Å². The molecule has 2 aromatic carbocycles. The summed E-state index contributed by atoms with van der Waals surface area (Å²) in [6.07, 6.45) is 1.31. The minimum atomic E-state index is -0.942. The summed E-state index contributed by atoms with van der Waals surface area (Å²) in [6, 6.07) is 15.6. The second kappa shape index (κ2) is 5.96. The van der Waals surface area contributed by atoms with Crippen LogP contribution in [0, 0.1) is 11.3 Å². The molecule has 1 fully saturated rings. The van der Waals surface area contributed by atoms with E-state index in [1.807, 2.05) is 36.4 Å². The number of guanidine groups is 1. The van der Waals surface area contributed by atoms with Gasteiger partial charge in [0.15, 0.2) is 0 Å². The van der Waals surface area contributed by atoms with Gasteiger partial charge in [0.05, 0.1) is 30.4 Å². The molecule has 0 aliphatic carbocycles. The van der Waals surface area contributed by atoms with Crippen LogP contribution in [0.1, 0.15) is 24.0 Å². The standard InChI is InChI=1S/C21H20N4O3/c1-25-19(23)24-21(28-25)12-20(7-8-26-13-20)27-18-6-5-16(10-17(18)21)15-4-2-3-14(9-15)11-22/h2-6,9-10H,7-8,12-13H2,1H3,(H2,23,24)/t20-,21-/m1/s1. The third-order valence-corrected chi connectivity index (χ3v) is 5.59. The van der Waals surface area contributed by atoms with E-state index in [1.54, 1.807) is 13.1 Å². The molecule has 0 unspecified atom stereocenters. The highest BCUT2D eigenvalue weighted by Crippen LogP contribution is 2.52. The van der Waals surface area contributed by atoms with Crippen molar-refractivity contribution in [1.29, 1.82) is 5.26 Å². The Kier molecular flexibility index (Phi) is 3.63. The Labute approximate surface area is 162 Å². The second-order valence-corrected chi connectivity index (χ2v) is 7.51. The minimum Gasteiger partial charge on any atom is -0.484 e. The van der Waals surface area contributed by atoms with Gasteiger partial charge in [0.1, 0.15) is 11.4 Å². The number of aliphatic imine (C=N–C) groups is 1. The van der Waals surface area contributed by atoms with E-state index in [2.05, 4.69) is 6.07 Å². The molecule has 0 radical (unpaired) electrons. The monoisotopic (exact) mass is 376 g/mol. The lowest BCUT2D eigenvalue weighted by molar-refractivity contribution is -0.203. The molecule has 2 N–H and O–H groups in total. The van der Waals surface area contributed by atoms with Gasteiger partial charge in [-0.25, -0.2) is 14.9 Å². The summed E-state index contributed by atoms with van der Waals surface area (Å²) in [5.74, 6) is 1.06. The van der Waals surface area contributed by atoms with E-state index in [0.29, 0.717) is 31.2 Å². The number of benzene rings is 2. The number of fused-ring (bicyclic) bond motifs is 2. The molecule has 1 saturated heterocycles. The number of nitriles is 1. The van der Waals surface area contributed by atoms with Gasteiger partial charge in [-0.2, -0.15) is 5.26 Å². The summed E-state index contributed by atoms with van der Waals surface area (Å²) in [6.45, 7) is 1.15. The summed E-state index contributed by atoms with van der Waals surface area (Å²) < 4.78 is 12.0. The van der Waals surface area contributed by atoms with E-state index >= 15 is 0 Å². The fraction of sp³-hybridized carbons (Fsp3) is 0.333. The molecule has 0 bridgehead atoms. The number of nitrogens with two attached hydrogens (primary N) is 1. The third kappa shape index (κ3) is 2.53. The van der Waals surface area contributed by atoms with Crippen molar-refractivity contribution in [2.24, 2.45) is 10.7 Å². The first-order valence-corrected chi connectivity index (χ1v) is 9.23. The number of nitrogens with zero attached hydrogens (tertiary/aromatic N) is 3. The van der Waals surface area contributed by atoms with Gasteiger partial charge in [-0.15, -0.1) is 0 Å². The highest BCUT2D eigenvalue weighted by atomic mass is 16.7. The normalized spacial score (nSPS) is 28.1. The van der Waals surface area contributed by atoms with Gasteiger partial charge in [-0.3, -0.25) is 0 Å². The van der Waals surface area contributed by atoms with Crippen LogP contribution in [0.5, 0.6) is 5.75 Å². The van der Waals surface area contributed by atoms with Crippen molar-refractivity contribution >= 4 is 5.96 Å². The third-order valence-electron chi connectivity index (χ3n) is 5.59. The SMILES string of the molecule is CN1O[C@@]2(C[C@@]3(CCOC3)Oc3ccc(-c4cccc(C#N)c4)cc32)N=C1N. The average Bonchev–Trinajstić information content (AvgIpc) is 3.26. The first-order chi connectivity index (χ1) is 13.5. The number of hydroxylamine groups is 2. The molecule has 7 heteroatoms. The first-order valence-electron chi connectivity index (χ1n) is 9.23. The highest BCUT2D eigenvalue weighted by Gasteiger charge is 2.55. The summed E-state index contributed by atoms with van der Waals surface area (Å²) in [7, 11) is 1.75. The van der Waals surface area contributed by atoms with E-state index in [4.69, 9.17) is 25.0 Å². The van der Waals surface area contributed by atoms with Gasteiger partial charge in [0.25, 0.3) is 0 Å². The largest absolute Gasteiger partial charge is 0.484 e. The fourth-order valence-corrected chi connectivity index (χ4v) is 4.21. The van der Waals surface area contributed by atoms with Crippen LogP contribution in [0.4, 0.5) is 0 Å². The lowest BCUT2D eigenvalue weighted by atomic mass is 9.83. The molecule has 28 heavy (non-hydrogen) atoms. The summed E-state index contributed by atoms with van der Waals surface area (Å²) in [5, 5.41) is 10.7. The molecule has 0 amide bonds. The van der Waals surface area contributed by atoms with Crippen molar-refractivity contribution in [2.75, 3.05) is 20.3 Å². The van der Waals surface area contributed by atoms with Crippen LogP contribution in [-0.4, -0.2) is 36.9 Å². The molecule has 2 aromatic rings. The second-order valence-electron chi connectivity index (χ2n) is 7.51. The van der Waals surface area contributed by atoms with E-state index in [9.17, 15) is 5.26 Å². The molecule has 3 aliphatic heterocycles. The summed E-state index contributed by atoms with van der Waals surface area (Å²) >= 11 is 0. The zero-order valence-electron chi connectivity index (χ0n) is 15.5. The Hall–Kier alpha value is -3.08. The van der Waals surface area contributed by atoms with Crippen LogP contribution in [-0.2, 0) is 15.3 Å². The van der Waals surface area contributed by atoms with Crippen molar-refractivity contribution < 1.29 is 14.3 Å². The van der Waals surface area contributed by atoms with Crippen molar-refractivity contribution in [2.45, 2.75) is 24.2 Å². The Balaban J connectivity index is 1.65. The molecular weight excluding hydrogens is 356 g/mol. The lowest BCUT2D eigenvalue weighted by Crippen LogP contribution is -2.49. The van der Waals surface area contributed by atoms with Crippen LogP contribution >= 0.6 is 0 Å². The van der Waals surface area contributed by atoms with E-state index < -0.39 is 11.3 Å². The zero-order valence-corrected chi connectivity index (χ0v) is 15.5. The average molecular weight is 376 g/mol. The van der Waals surface area contributed by atoms with Gasteiger partial charge in [-0.05, 0) is 35.4 Å². The molecule has 5 rings (SSSR count). The predicted molar refractivity (Wildman–Crippen MR) is 102 cm³/mol. The smallest absolute Gasteiger partial charge is 0.222 e. The Morgan fingerprint density at radius 1 is 1.21 bits per heavy atom. The number of hydrogen-bond donors (Lipinski definition) is 1. The predicted octanol–water partition coefficient (Wildman–Crippen LogP) is 2.51. The van der Waals surface area contributed by atoms with E-state index in [0.717, 1.165) is 28.9 Å². The summed E-state index contributed by atoms with van der Waals surface area (Å²) in [5.41, 5.74) is 8.00. The van der Waals surface area contributed by atoms with Crippen molar-refractivity contribution in [3.8, 4) is 22.9 Å².